The largest absolute Gasteiger partial charge is 0.466 e. The Balaban J connectivity index is 1.25. The monoisotopic (exact) mass is 504 g/mol. The molecule has 1 saturated heterocycles. The van der Waals surface area contributed by atoms with E-state index in [1.165, 1.54) is 11.1 Å². The highest BCUT2D eigenvalue weighted by molar-refractivity contribution is 6.99. The Bertz CT molecular complexity index is 1200. The Hall–Kier alpha value is -3.26. The molecule has 0 radical (unpaired) electrons. The molecule has 0 bridgehead atoms. The average molecular weight is 505 g/mol. The molecule has 6 nitrogen and oxygen atoms in total. The number of piperazine rings is 1. The number of hydrogen-bond donors (Lipinski definition) is 0. The zero-order chi connectivity index (χ0) is 24.0. The molecular formula is C27H25ClN4O2S. The standard InChI is InChI=1S/C27H25ClN4O2S/c28-23-13-11-20(12-14-23)24(33)19-34-27-26(29-35-30-27)32-17-15-31(16-18-32)25(21-7-3-1-4-8-21)22-9-5-2-6-10-22/h1-14,25H,15-19H2. The van der Waals surface area contributed by atoms with Crippen LogP contribution in [0.2, 0.25) is 5.02 Å². The van der Waals surface area contributed by atoms with Crippen molar-refractivity contribution in [2.45, 2.75) is 6.04 Å². The molecule has 0 spiro atoms. The van der Waals surface area contributed by atoms with Gasteiger partial charge in [0.2, 0.25) is 5.82 Å². The Morgan fingerprint density at radius 1 is 0.857 bits per heavy atom. The minimum absolute atomic E-state index is 0.0932. The predicted molar refractivity (Wildman–Crippen MR) is 140 cm³/mol. The third-order valence-corrected chi connectivity index (χ3v) is 6.91. The number of rotatable bonds is 8. The smallest absolute Gasteiger partial charge is 0.271 e. The maximum Gasteiger partial charge on any atom is 0.271 e. The van der Waals surface area contributed by atoms with Crippen LogP contribution in [0.5, 0.6) is 5.88 Å². The van der Waals surface area contributed by atoms with Crippen LogP contribution in [-0.2, 0) is 0 Å². The molecule has 8 heteroatoms. The molecule has 1 aliphatic rings. The van der Waals surface area contributed by atoms with E-state index in [1.54, 1.807) is 24.3 Å². The van der Waals surface area contributed by atoms with E-state index in [0.717, 1.165) is 37.9 Å². The predicted octanol–water partition coefficient (Wildman–Crippen LogP) is 5.36. The number of ketones is 1. The molecule has 35 heavy (non-hydrogen) atoms. The van der Waals surface area contributed by atoms with E-state index in [9.17, 15) is 4.79 Å². The first-order valence-corrected chi connectivity index (χ1v) is 12.6. The van der Waals surface area contributed by atoms with Gasteiger partial charge in [0.25, 0.3) is 5.88 Å². The lowest BCUT2D eigenvalue weighted by Gasteiger charge is -2.39. The molecule has 0 atom stereocenters. The molecule has 3 aromatic carbocycles. The van der Waals surface area contributed by atoms with Gasteiger partial charge in [0.15, 0.2) is 12.4 Å². The van der Waals surface area contributed by atoms with Gasteiger partial charge in [-0.1, -0.05) is 72.3 Å². The maximum absolute atomic E-state index is 12.5. The summed E-state index contributed by atoms with van der Waals surface area (Å²) in [5.74, 6) is 0.988. The van der Waals surface area contributed by atoms with Gasteiger partial charge in [0.05, 0.1) is 17.8 Å². The summed E-state index contributed by atoms with van der Waals surface area (Å²) in [4.78, 5) is 17.2. The first-order valence-electron chi connectivity index (χ1n) is 11.5. The number of carbonyl (C=O) groups is 1. The molecule has 178 valence electrons. The van der Waals surface area contributed by atoms with Gasteiger partial charge in [0, 0.05) is 36.8 Å². The van der Waals surface area contributed by atoms with E-state index < -0.39 is 0 Å². The van der Waals surface area contributed by atoms with Crippen LogP contribution in [-0.4, -0.2) is 52.2 Å². The Morgan fingerprint density at radius 2 is 1.46 bits per heavy atom. The lowest BCUT2D eigenvalue weighted by Crippen LogP contribution is -2.48. The van der Waals surface area contributed by atoms with Gasteiger partial charge in [-0.25, -0.2) is 0 Å². The first kappa shape index (κ1) is 23.5. The van der Waals surface area contributed by atoms with Crippen LogP contribution >= 0.6 is 23.3 Å². The van der Waals surface area contributed by atoms with Crippen LogP contribution in [0.25, 0.3) is 0 Å². The second-order valence-corrected chi connectivity index (χ2v) is 9.32. The summed E-state index contributed by atoms with van der Waals surface area (Å²) in [5, 5.41) is 0.592. The molecule has 2 heterocycles. The number of ether oxygens (including phenoxy) is 1. The van der Waals surface area contributed by atoms with Crippen molar-refractivity contribution in [1.29, 1.82) is 0 Å². The fraction of sp³-hybridized carbons (Fsp3) is 0.222. The second kappa shape index (κ2) is 11.0. The van der Waals surface area contributed by atoms with Crippen LogP contribution in [0.3, 0.4) is 0 Å². The van der Waals surface area contributed by atoms with Crippen LogP contribution in [0.1, 0.15) is 27.5 Å². The molecule has 1 fully saturated rings. The number of carbonyl (C=O) groups excluding carboxylic acids is 1. The lowest BCUT2D eigenvalue weighted by molar-refractivity contribution is 0.0919. The molecule has 0 aliphatic carbocycles. The summed E-state index contributed by atoms with van der Waals surface area (Å²) in [6.45, 7) is 3.24. The topological polar surface area (TPSA) is 58.6 Å². The van der Waals surface area contributed by atoms with Gasteiger partial charge in [-0.15, -0.1) is 4.37 Å². The average Bonchev–Trinajstić information content (AvgIpc) is 3.38. The highest BCUT2D eigenvalue weighted by atomic mass is 35.5. The van der Waals surface area contributed by atoms with Crippen molar-refractivity contribution in [2.24, 2.45) is 0 Å². The van der Waals surface area contributed by atoms with Gasteiger partial charge in [-0.05, 0) is 35.4 Å². The van der Waals surface area contributed by atoms with Crippen molar-refractivity contribution in [1.82, 2.24) is 13.6 Å². The van der Waals surface area contributed by atoms with E-state index in [2.05, 4.69) is 79.2 Å². The first-order chi connectivity index (χ1) is 17.2. The summed E-state index contributed by atoms with van der Waals surface area (Å²) in [6, 6.07) is 28.2. The quantitative estimate of drug-likeness (QED) is 0.301. The summed E-state index contributed by atoms with van der Waals surface area (Å²) < 4.78 is 14.6. The van der Waals surface area contributed by atoms with Crippen LogP contribution in [0.15, 0.2) is 84.9 Å². The van der Waals surface area contributed by atoms with Gasteiger partial charge in [0.1, 0.15) is 0 Å². The van der Waals surface area contributed by atoms with E-state index in [1.807, 2.05) is 0 Å². The van der Waals surface area contributed by atoms with Crippen molar-refractivity contribution in [3.05, 3.63) is 107 Å². The number of hydrogen-bond acceptors (Lipinski definition) is 7. The van der Waals surface area contributed by atoms with E-state index in [4.69, 9.17) is 16.3 Å². The molecule has 1 aliphatic heterocycles. The summed E-state index contributed by atoms with van der Waals surface area (Å²) in [5.41, 5.74) is 3.13. The Labute approximate surface area is 214 Å². The normalized spacial score (nSPS) is 14.3. The SMILES string of the molecule is O=C(COc1nsnc1N1CCN(C(c2ccccc2)c2ccccc2)CC1)c1ccc(Cl)cc1. The van der Waals surface area contributed by atoms with Crippen LogP contribution in [0.4, 0.5) is 5.82 Å². The summed E-state index contributed by atoms with van der Waals surface area (Å²) in [7, 11) is 0. The van der Waals surface area contributed by atoms with Gasteiger partial charge < -0.3 is 9.64 Å². The Morgan fingerprint density at radius 3 is 2.06 bits per heavy atom. The molecule has 0 amide bonds. The Kier molecular flexibility index (Phi) is 7.37. The van der Waals surface area contributed by atoms with Crippen LogP contribution < -0.4 is 9.64 Å². The maximum atomic E-state index is 12.5. The number of anilines is 1. The zero-order valence-electron chi connectivity index (χ0n) is 19.1. The molecule has 0 unspecified atom stereocenters. The number of nitrogens with zero attached hydrogens (tertiary/aromatic N) is 4. The van der Waals surface area contributed by atoms with E-state index in [-0.39, 0.29) is 18.4 Å². The van der Waals surface area contributed by atoms with Crippen LogP contribution in [0, 0.1) is 0 Å². The fourth-order valence-corrected chi connectivity index (χ4v) is 5.04. The molecular weight excluding hydrogens is 480 g/mol. The van der Waals surface area contributed by atoms with Crippen molar-refractivity contribution >= 4 is 34.9 Å². The minimum atomic E-state index is -0.126. The lowest BCUT2D eigenvalue weighted by atomic mass is 9.96. The van der Waals surface area contributed by atoms with Crippen molar-refractivity contribution in [3.63, 3.8) is 0 Å². The fourth-order valence-electron chi connectivity index (χ4n) is 4.39. The van der Waals surface area contributed by atoms with Gasteiger partial charge in [-0.3, -0.25) is 9.69 Å². The zero-order valence-corrected chi connectivity index (χ0v) is 20.7. The molecule has 0 N–H and O–H groups in total. The highest BCUT2D eigenvalue weighted by Gasteiger charge is 2.29. The van der Waals surface area contributed by atoms with Crippen molar-refractivity contribution in [3.8, 4) is 5.88 Å². The summed E-state index contributed by atoms with van der Waals surface area (Å²) in [6.07, 6.45) is 0. The third-order valence-electron chi connectivity index (χ3n) is 6.16. The number of Topliss-reactive ketones (excluding diaryl/α,β-unsaturated/α-hetero) is 1. The number of aromatic nitrogens is 2. The molecule has 4 aromatic rings. The van der Waals surface area contributed by atoms with E-state index >= 15 is 0 Å². The molecule has 0 saturated carbocycles. The number of halogens is 1. The highest BCUT2D eigenvalue weighted by Crippen LogP contribution is 2.32. The second-order valence-electron chi connectivity index (χ2n) is 8.36. The van der Waals surface area contributed by atoms with Gasteiger partial charge in [-0.2, -0.15) is 4.37 Å². The number of benzene rings is 3. The molecule has 5 rings (SSSR count). The van der Waals surface area contributed by atoms with Crippen molar-refractivity contribution in [2.75, 3.05) is 37.7 Å². The molecule has 1 aromatic heterocycles. The van der Waals surface area contributed by atoms with E-state index in [0.29, 0.717) is 22.3 Å². The van der Waals surface area contributed by atoms with Crippen molar-refractivity contribution < 1.29 is 9.53 Å². The summed E-state index contributed by atoms with van der Waals surface area (Å²) >= 11 is 7.01. The minimum Gasteiger partial charge on any atom is -0.466 e. The third kappa shape index (κ3) is 5.53. The van der Waals surface area contributed by atoms with Gasteiger partial charge >= 0.3 is 0 Å².